The van der Waals surface area contributed by atoms with Gasteiger partial charge in [-0.25, -0.2) is 0 Å². The number of esters is 2. The van der Waals surface area contributed by atoms with E-state index >= 15 is 0 Å². The van der Waals surface area contributed by atoms with Gasteiger partial charge in [-0.15, -0.1) is 0 Å². The molecule has 0 aromatic heterocycles. The van der Waals surface area contributed by atoms with Crippen molar-refractivity contribution in [1.82, 2.24) is 0 Å². The highest BCUT2D eigenvalue weighted by Crippen LogP contribution is 2.30. The molecule has 6 nitrogen and oxygen atoms in total. The van der Waals surface area contributed by atoms with Crippen LogP contribution < -0.4 is 0 Å². The summed E-state index contributed by atoms with van der Waals surface area (Å²) < 4.78 is 16.4. The molecule has 0 aromatic carbocycles. The first-order chi connectivity index (χ1) is 24.1. The lowest BCUT2D eigenvalue weighted by molar-refractivity contribution is -0.161. The van der Waals surface area contributed by atoms with E-state index in [9.17, 15) is 14.7 Å². The number of rotatable bonds is 36. The molecule has 284 valence electrons. The van der Waals surface area contributed by atoms with E-state index in [4.69, 9.17) is 14.2 Å². The first kappa shape index (κ1) is 45.1. The fourth-order valence-electron chi connectivity index (χ4n) is 6.11. The number of epoxide rings is 1. The molecule has 0 saturated carbocycles. The van der Waals surface area contributed by atoms with E-state index in [1.165, 1.54) is 116 Å². The van der Waals surface area contributed by atoms with Gasteiger partial charge in [0, 0.05) is 12.8 Å². The molecule has 0 amide bonds. The van der Waals surface area contributed by atoms with Crippen LogP contribution in [0.5, 0.6) is 0 Å². The summed E-state index contributed by atoms with van der Waals surface area (Å²) in [5.41, 5.74) is 0. The smallest absolute Gasteiger partial charge is 0.306 e. The second kappa shape index (κ2) is 34.5. The first-order valence-electron chi connectivity index (χ1n) is 20.7. The largest absolute Gasteiger partial charge is 0.462 e. The summed E-state index contributed by atoms with van der Waals surface area (Å²) >= 11 is 0. The third kappa shape index (κ3) is 30.6. The van der Waals surface area contributed by atoms with E-state index in [1.54, 1.807) is 0 Å². The summed E-state index contributed by atoms with van der Waals surface area (Å²) in [6.07, 6.45) is 45.1. The molecule has 1 rings (SSSR count). The molecule has 1 aliphatic rings. The number of hydrogen-bond acceptors (Lipinski definition) is 6. The first-order valence-corrected chi connectivity index (χ1v) is 20.7. The number of allylic oxidation sites excluding steroid dienone is 5. The SMILES string of the molecule is CCCCC/C=C\C/C=C\C/C=C\CC1OC1CCCC(=O)O[C@@H](CO)COC(=O)CCCCCCCCCCCCCCCCCCC. The van der Waals surface area contributed by atoms with Crippen LogP contribution in [-0.4, -0.2) is 48.6 Å². The number of unbranched alkanes of at least 4 members (excludes halogenated alkanes) is 19. The van der Waals surface area contributed by atoms with Gasteiger partial charge in [0.05, 0.1) is 18.8 Å². The zero-order valence-electron chi connectivity index (χ0n) is 31.9. The van der Waals surface area contributed by atoms with Crippen molar-refractivity contribution in [2.24, 2.45) is 0 Å². The Morgan fingerprint density at radius 3 is 1.65 bits per heavy atom. The van der Waals surface area contributed by atoms with Crippen LogP contribution in [0, 0.1) is 0 Å². The zero-order chi connectivity index (χ0) is 35.5. The van der Waals surface area contributed by atoms with Gasteiger partial charge in [-0.05, 0) is 51.4 Å². The third-order valence-electron chi connectivity index (χ3n) is 9.36. The van der Waals surface area contributed by atoms with Gasteiger partial charge in [-0.1, -0.05) is 166 Å². The van der Waals surface area contributed by atoms with Crippen LogP contribution in [0.2, 0.25) is 0 Å². The van der Waals surface area contributed by atoms with E-state index in [-0.39, 0.29) is 43.8 Å². The molecular weight excluding hydrogens is 612 g/mol. The lowest BCUT2D eigenvalue weighted by Gasteiger charge is -2.15. The Morgan fingerprint density at radius 2 is 1.08 bits per heavy atom. The van der Waals surface area contributed by atoms with E-state index in [0.29, 0.717) is 12.8 Å². The van der Waals surface area contributed by atoms with Crippen molar-refractivity contribution in [2.75, 3.05) is 13.2 Å². The Morgan fingerprint density at radius 1 is 0.592 bits per heavy atom. The molecule has 6 heteroatoms. The Bertz CT molecular complexity index is 849. The van der Waals surface area contributed by atoms with E-state index in [2.05, 4.69) is 50.3 Å². The number of carbonyl (C=O) groups is 2. The van der Waals surface area contributed by atoms with Gasteiger partial charge in [0.1, 0.15) is 6.61 Å². The Hall–Kier alpha value is -1.92. The van der Waals surface area contributed by atoms with Crippen LogP contribution in [-0.2, 0) is 23.8 Å². The van der Waals surface area contributed by atoms with Gasteiger partial charge in [-0.2, -0.15) is 0 Å². The van der Waals surface area contributed by atoms with Crippen molar-refractivity contribution in [3.8, 4) is 0 Å². The number of aliphatic hydroxyl groups excluding tert-OH is 1. The maximum atomic E-state index is 12.2. The van der Waals surface area contributed by atoms with Crippen molar-refractivity contribution in [2.45, 2.75) is 212 Å². The molecule has 1 aliphatic heterocycles. The minimum atomic E-state index is -0.807. The molecule has 1 heterocycles. The molecule has 2 unspecified atom stereocenters. The maximum Gasteiger partial charge on any atom is 0.306 e. The number of hydrogen-bond donors (Lipinski definition) is 1. The minimum Gasteiger partial charge on any atom is -0.462 e. The van der Waals surface area contributed by atoms with Crippen LogP contribution >= 0.6 is 0 Å². The van der Waals surface area contributed by atoms with Gasteiger partial charge in [0.15, 0.2) is 6.10 Å². The summed E-state index contributed by atoms with van der Waals surface area (Å²) in [6, 6.07) is 0. The highest BCUT2D eigenvalue weighted by Gasteiger charge is 2.36. The average Bonchev–Trinajstić information content (AvgIpc) is 3.86. The van der Waals surface area contributed by atoms with Crippen LogP contribution in [0.15, 0.2) is 36.5 Å². The Labute approximate surface area is 301 Å². The minimum absolute atomic E-state index is 0.0921. The molecule has 1 saturated heterocycles. The topological polar surface area (TPSA) is 85.4 Å². The monoisotopic (exact) mass is 689 g/mol. The van der Waals surface area contributed by atoms with Crippen molar-refractivity contribution < 1.29 is 28.9 Å². The molecule has 0 aliphatic carbocycles. The van der Waals surface area contributed by atoms with Crippen LogP contribution in [0.4, 0.5) is 0 Å². The van der Waals surface area contributed by atoms with Crippen LogP contribution in [0.3, 0.4) is 0 Å². The van der Waals surface area contributed by atoms with Gasteiger partial charge in [0.2, 0.25) is 0 Å². The Balaban J connectivity index is 1.92. The van der Waals surface area contributed by atoms with E-state index in [1.807, 2.05) is 0 Å². The van der Waals surface area contributed by atoms with Crippen molar-refractivity contribution in [3.63, 3.8) is 0 Å². The van der Waals surface area contributed by atoms with Crippen LogP contribution in [0.1, 0.15) is 194 Å². The predicted molar refractivity (Wildman–Crippen MR) is 205 cm³/mol. The summed E-state index contributed by atoms with van der Waals surface area (Å²) in [7, 11) is 0. The van der Waals surface area contributed by atoms with Gasteiger partial charge < -0.3 is 19.3 Å². The summed E-state index contributed by atoms with van der Waals surface area (Å²) in [5, 5.41) is 9.59. The van der Waals surface area contributed by atoms with E-state index in [0.717, 1.165) is 44.9 Å². The zero-order valence-corrected chi connectivity index (χ0v) is 31.9. The van der Waals surface area contributed by atoms with Gasteiger partial charge in [0.25, 0.3) is 0 Å². The molecular formula is C43H76O6. The second-order valence-corrected chi connectivity index (χ2v) is 14.1. The standard InChI is InChI=1S/C43H76O6/c1-3-5-7-9-11-13-15-17-18-19-20-21-23-25-27-29-31-35-42(45)47-38-39(37-44)48-43(46)36-32-34-41-40(49-41)33-30-28-26-24-22-16-14-12-10-8-6-4-2/h12,14,22,24,28,30,39-41,44H,3-11,13,15-21,23,25-27,29,31-38H2,1-2H3/b14-12-,24-22-,30-28-/t39-,40?,41?/m0/s1. The molecule has 3 atom stereocenters. The lowest BCUT2D eigenvalue weighted by atomic mass is 10.0. The van der Waals surface area contributed by atoms with Crippen molar-refractivity contribution >= 4 is 11.9 Å². The summed E-state index contributed by atoms with van der Waals surface area (Å²) in [5.74, 6) is -0.661. The number of ether oxygens (including phenoxy) is 3. The second-order valence-electron chi connectivity index (χ2n) is 14.1. The van der Waals surface area contributed by atoms with Gasteiger partial charge in [-0.3, -0.25) is 9.59 Å². The summed E-state index contributed by atoms with van der Waals surface area (Å²) in [4.78, 5) is 24.4. The fourth-order valence-corrected chi connectivity index (χ4v) is 6.11. The number of carbonyl (C=O) groups excluding carboxylic acids is 2. The van der Waals surface area contributed by atoms with Crippen molar-refractivity contribution in [3.05, 3.63) is 36.5 Å². The molecule has 0 spiro atoms. The molecule has 1 fully saturated rings. The lowest BCUT2D eigenvalue weighted by Crippen LogP contribution is -2.28. The van der Waals surface area contributed by atoms with Gasteiger partial charge >= 0.3 is 11.9 Å². The molecule has 0 aromatic rings. The maximum absolute atomic E-state index is 12.2. The summed E-state index contributed by atoms with van der Waals surface area (Å²) in [6.45, 7) is 4.06. The van der Waals surface area contributed by atoms with E-state index < -0.39 is 6.10 Å². The normalized spacial score (nSPS) is 16.6. The highest BCUT2D eigenvalue weighted by molar-refractivity contribution is 5.70. The van der Waals surface area contributed by atoms with Crippen molar-refractivity contribution in [1.29, 1.82) is 0 Å². The Kier molecular flexibility index (Phi) is 31.8. The molecule has 1 N–H and O–H groups in total. The number of aliphatic hydroxyl groups is 1. The predicted octanol–water partition coefficient (Wildman–Crippen LogP) is 11.8. The third-order valence-corrected chi connectivity index (χ3v) is 9.36. The fraction of sp³-hybridized carbons (Fsp3) is 0.814. The van der Waals surface area contributed by atoms with Crippen LogP contribution in [0.25, 0.3) is 0 Å². The molecule has 49 heavy (non-hydrogen) atoms. The highest BCUT2D eigenvalue weighted by atomic mass is 16.6. The quantitative estimate of drug-likeness (QED) is 0.0305. The average molecular weight is 689 g/mol. The molecule has 0 radical (unpaired) electrons. The molecule has 0 bridgehead atoms.